The molecular weight excluding hydrogens is 238 g/mol. The number of hydrazine groups is 1. The molecule has 0 aromatic carbocycles. The standard InChI is InChI=1S/C14H19N5/c1-4-10-8-16-6-5-11(10)14-17-12(9(2)3)7-13(18-14)19-15/h5-9H,4,15H2,1-3H3,(H,17,18,19). The van der Waals surface area contributed by atoms with Gasteiger partial charge in [-0.2, -0.15) is 0 Å². The Kier molecular flexibility index (Phi) is 4.06. The van der Waals surface area contributed by atoms with Crippen molar-refractivity contribution in [1.82, 2.24) is 15.0 Å². The molecule has 2 heterocycles. The molecule has 0 aliphatic heterocycles. The number of nitrogens with zero attached hydrogens (tertiary/aromatic N) is 3. The second-order valence-electron chi connectivity index (χ2n) is 4.69. The molecule has 2 aromatic heterocycles. The molecule has 0 radical (unpaired) electrons. The number of hydrogen-bond acceptors (Lipinski definition) is 5. The van der Waals surface area contributed by atoms with Crippen molar-refractivity contribution in [2.45, 2.75) is 33.1 Å². The SMILES string of the molecule is CCc1cnccc1-c1nc(NN)cc(C(C)C)n1. The van der Waals surface area contributed by atoms with Crippen molar-refractivity contribution in [3.05, 3.63) is 35.8 Å². The predicted octanol–water partition coefficient (Wildman–Crippen LogP) is 2.51. The number of anilines is 1. The Labute approximate surface area is 113 Å². The zero-order valence-electron chi connectivity index (χ0n) is 11.5. The van der Waals surface area contributed by atoms with E-state index in [2.05, 4.69) is 41.1 Å². The zero-order chi connectivity index (χ0) is 13.8. The van der Waals surface area contributed by atoms with Crippen LogP contribution in [-0.2, 0) is 6.42 Å². The van der Waals surface area contributed by atoms with E-state index in [0.29, 0.717) is 17.6 Å². The summed E-state index contributed by atoms with van der Waals surface area (Å²) in [5, 5.41) is 0. The summed E-state index contributed by atoms with van der Waals surface area (Å²) >= 11 is 0. The van der Waals surface area contributed by atoms with E-state index in [1.54, 1.807) is 6.20 Å². The summed E-state index contributed by atoms with van der Waals surface area (Å²) in [6.07, 6.45) is 4.51. The summed E-state index contributed by atoms with van der Waals surface area (Å²) < 4.78 is 0. The van der Waals surface area contributed by atoms with Gasteiger partial charge in [-0.05, 0) is 24.0 Å². The number of nitrogen functional groups attached to an aromatic ring is 1. The van der Waals surface area contributed by atoms with E-state index in [0.717, 1.165) is 23.2 Å². The monoisotopic (exact) mass is 257 g/mol. The molecule has 3 N–H and O–H groups in total. The smallest absolute Gasteiger partial charge is 0.162 e. The Morgan fingerprint density at radius 3 is 2.74 bits per heavy atom. The van der Waals surface area contributed by atoms with E-state index >= 15 is 0 Å². The minimum absolute atomic E-state index is 0.320. The third-order valence-corrected chi connectivity index (χ3v) is 3.01. The van der Waals surface area contributed by atoms with Gasteiger partial charge in [0.15, 0.2) is 5.82 Å². The van der Waals surface area contributed by atoms with Crippen LogP contribution in [0.1, 0.15) is 37.9 Å². The van der Waals surface area contributed by atoms with Gasteiger partial charge in [0.25, 0.3) is 0 Å². The number of aromatic nitrogens is 3. The fourth-order valence-corrected chi connectivity index (χ4v) is 1.88. The maximum Gasteiger partial charge on any atom is 0.162 e. The first-order valence-corrected chi connectivity index (χ1v) is 6.44. The summed E-state index contributed by atoms with van der Waals surface area (Å²) in [7, 11) is 0. The molecule has 0 spiro atoms. The third kappa shape index (κ3) is 2.88. The quantitative estimate of drug-likeness (QED) is 0.650. The number of pyridine rings is 1. The topological polar surface area (TPSA) is 76.7 Å². The number of aryl methyl sites for hydroxylation is 1. The van der Waals surface area contributed by atoms with Crippen LogP contribution in [0.3, 0.4) is 0 Å². The lowest BCUT2D eigenvalue weighted by Gasteiger charge is -2.11. The molecule has 2 rings (SSSR count). The van der Waals surface area contributed by atoms with Crippen LogP contribution in [0, 0.1) is 0 Å². The van der Waals surface area contributed by atoms with Gasteiger partial charge in [-0.25, -0.2) is 15.8 Å². The van der Waals surface area contributed by atoms with Crippen LogP contribution >= 0.6 is 0 Å². The largest absolute Gasteiger partial charge is 0.308 e. The second-order valence-corrected chi connectivity index (χ2v) is 4.69. The highest BCUT2D eigenvalue weighted by atomic mass is 15.3. The first-order valence-electron chi connectivity index (χ1n) is 6.44. The Bertz CT molecular complexity index is 566. The summed E-state index contributed by atoms with van der Waals surface area (Å²) in [4.78, 5) is 13.2. The fraction of sp³-hybridized carbons (Fsp3) is 0.357. The maximum absolute atomic E-state index is 5.48. The van der Waals surface area contributed by atoms with Gasteiger partial charge in [-0.1, -0.05) is 20.8 Å². The molecule has 0 bridgehead atoms. The van der Waals surface area contributed by atoms with Gasteiger partial charge in [0.1, 0.15) is 5.82 Å². The number of hydrogen-bond donors (Lipinski definition) is 2. The van der Waals surface area contributed by atoms with Gasteiger partial charge < -0.3 is 5.43 Å². The molecule has 5 heteroatoms. The molecule has 19 heavy (non-hydrogen) atoms. The second kappa shape index (κ2) is 5.75. The summed E-state index contributed by atoms with van der Waals surface area (Å²) in [6.45, 7) is 6.29. The van der Waals surface area contributed by atoms with Crippen LogP contribution in [0.5, 0.6) is 0 Å². The van der Waals surface area contributed by atoms with Crippen LogP contribution in [0.25, 0.3) is 11.4 Å². The first-order chi connectivity index (χ1) is 9.15. The van der Waals surface area contributed by atoms with E-state index in [1.165, 1.54) is 0 Å². The van der Waals surface area contributed by atoms with Crippen molar-refractivity contribution in [3.63, 3.8) is 0 Å². The number of nitrogens with one attached hydrogen (secondary N) is 1. The minimum atomic E-state index is 0.320. The zero-order valence-corrected chi connectivity index (χ0v) is 11.5. The van der Waals surface area contributed by atoms with Gasteiger partial charge in [-0.15, -0.1) is 0 Å². The highest BCUT2D eigenvalue weighted by Crippen LogP contribution is 2.24. The lowest BCUT2D eigenvalue weighted by Crippen LogP contribution is -2.11. The number of rotatable bonds is 4. The summed E-state index contributed by atoms with van der Waals surface area (Å²) in [5.74, 6) is 7.13. The lowest BCUT2D eigenvalue weighted by molar-refractivity contribution is 0.816. The Morgan fingerprint density at radius 2 is 2.11 bits per heavy atom. The Morgan fingerprint density at radius 1 is 1.32 bits per heavy atom. The van der Waals surface area contributed by atoms with Crippen molar-refractivity contribution in [2.75, 3.05) is 5.43 Å². The Balaban J connectivity index is 2.57. The van der Waals surface area contributed by atoms with Crippen molar-refractivity contribution in [2.24, 2.45) is 5.84 Å². The molecule has 5 nitrogen and oxygen atoms in total. The molecule has 0 aliphatic rings. The maximum atomic E-state index is 5.48. The molecule has 0 unspecified atom stereocenters. The van der Waals surface area contributed by atoms with Crippen molar-refractivity contribution in [3.8, 4) is 11.4 Å². The van der Waals surface area contributed by atoms with E-state index < -0.39 is 0 Å². The van der Waals surface area contributed by atoms with E-state index in [1.807, 2.05) is 18.3 Å². The lowest BCUT2D eigenvalue weighted by atomic mass is 10.1. The molecule has 100 valence electrons. The molecule has 0 aliphatic carbocycles. The van der Waals surface area contributed by atoms with Crippen LogP contribution in [0.2, 0.25) is 0 Å². The van der Waals surface area contributed by atoms with Gasteiger partial charge in [0.05, 0.1) is 0 Å². The first kappa shape index (κ1) is 13.4. The highest BCUT2D eigenvalue weighted by Gasteiger charge is 2.11. The molecule has 0 saturated heterocycles. The average Bonchev–Trinajstić information content (AvgIpc) is 2.46. The molecule has 0 amide bonds. The average molecular weight is 257 g/mol. The fourth-order valence-electron chi connectivity index (χ4n) is 1.88. The van der Waals surface area contributed by atoms with E-state index in [9.17, 15) is 0 Å². The van der Waals surface area contributed by atoms with Gasteiger partial charge in [0.2, 0.25) is 0 Å². The van der Waals surface area contributed by atoms with Crippen molar-refractivity contribution < 1.29 is 0 Å². The Hall–Kier alpha value is -2.01. The van der Waals surface area contributed by atoms with Crippen molar-refractivity contribution in [1.29, 1.82) is 0 Å². The third-order valence-electron chi connectivity index (χ3n) is 3.01. The predicted molar refractivity (Wildman–Crippen MR) is 76.5 cm³/mol. The van der Waals surface area contributed by atoms with E-state index in [4.69, 9.17) is 5.84 Å². The molecule has 2 aromatic rings. The normalized spacial score (nSPS) is 10.8. The van der Waals surface area contributed by atoms with Crippen molar-refractivity contribution >= 4 is 5.82 Å². The van der Waals surface area contributed by atoms with Crippen LogP contribution in [-0.4, -0.2) is 15.0 Å². The van der Waals surface area contributed by atoms with Gasteiger partial charge >= 0.3 is 0 Å². The minimum Gasteiger partial charge on any atom is -0.308 e. The molecular formula is C14H19N5. The van der Waals surface area contributed by atoms with Crippen LogP contribution in [0.15, 0.2) is 24.5 Å². The molecule has 0 saturated carbocycles. The molecule has 0 atom stereocenters. The van der Waals surface area contributed by atoms with Gasteiger partial charge in [-0.3, -0.25) is 4.98 Å². The van der Waals surface area contributed by atoms with E-state index in [-0.39, 0.29) is 0 Å². The number of nitrogens with two attached hydrogens (primary N) is 1. The summed E-state index contributed by atoms with van der Waals surface area (Å²) in [6, 6.07) is 3.82. The van der Waals surface area contributed by atoms with Crippen LogP contribution in [0.4, 0.5) is 5.82 Å². The summed E-state index contributed by atoms with van der Waals surface area (Å²) in [5.41, 5.74) is 5.71. The molecule has 0 fully saturated rings. The highest BCUT2D eigenvalue weighted by molar-refractivity contribution is 5.61. The van der Waals surface area contributed by atoms with Gasteiger partial charge in [0, 0.05) is 29.7 Å². The van der Waals surface area contributed by atoms with Crippen LogP contribution < -0.4 is 11.3 Å².